The zero-order chi connectivity index (χ0) is 16.2. The van der Waals surface area contributed by atoms with Gasteiger partial charge in [-0.1, -0.05) is 18.2 Å². The van der Waals surface area contributed by atoms with Gasteiger partial charge >= 0.3 is 0 Å². The number of aromatic nitrogens is 1. The zero-order valence-corrected chi connectivity index (χ0v) is 13.9. The summed E-state index contributed by atoms with van der Waals surface area (Å²) in [4.78, 5) is 18.7. The topological polar surface area (TPSA) is 33.2 Å². The number of pyridine rings is 1. The van der Waals surface area contributed by atoms with E-state index in [0.29, 0.717) is 18.7 Å². The fourth-order valence-corrected chi connectivity index (χ4v) is 4.09. The third kappa shape index (κ3) is 3.55. The largest absolute Gasteiger partial charge is 0.338 e. The summed E-state index contributed by atoms with van der Waals surface area (Å²) >= 11 is 1.72. The minimum atomic E-state index is -0.159. The number of thioether (sulfide) groups is 1. The fraction of sp³-hybridized carbons (Fsp3) is 0.333. The van der Waals surface area contributed by atoms with Crippen molar-refractivity contribution >= 4 is 17.7 Å². The van der Waals surface area contributed by atoms with Gasteiger partial charge in [-0.25, -0.2) is 4.39 Å². The Hall–Kier alpha value is -1.88. The average molecular weight is 330 g/mol. The number of carbonyl (C=O) groups excluding carboxylic acids is 1. The molecule has 23 heavy (non-hydrogen) atoms. The lowest BCUT2D eigenvalue weighted by Gasteiger charge is -2.21. The summed E-state index contributed by atoms with van der Waals surface area (Å²) in [6.07, 6.45) is 2.45. The van der Waals surface area contributed by atoms with Crippen LogP contribution in [-0.4, -0.2) is 34.6 Å². The first-order valence-electron chi connectivity index (χ1n) is 7.73. The van der Waals surface area contributed by atoms with Crippen LogP contribution in [-0.2, 0) is 0 Å². The molecular formula is C18H19FN2OS. The maximum Gasteiger partial charge on any atom is 0.255 e. The van der Waals surface area contributed by atoms with E-state index in [1.807, 2.05) is 30.0 Å². The second-order valence-corrected chi connectivity index (χ2v) is 6.91. The predicted octanol–water partition coefficient (Wildman–Crippen LogP) is 3.85. The molecule has 0 N–H and O–H groups in total. The normalized spacial score (nSPS) is 18.5. The van der Waals surface area contributed by atoms with E-state index in [1.54, 1.807) is 30.1 Å². The summed E-state index contributed by atoms with van der Waals surface area (Å²) in [6, 6.07) is 10.5. The van der Waals surface area contributed by atoms with Crippen molar-refractivity contribution in [3.63, 3.8) is 0 Å². The molecule has 2 aromatic rings. The van der Waals surface area contributed by atoms with Crippen LogP contribution in [0, 0.1) is 12.7 Å². The molecule has 0 bridgehead atoms. The maximum atomic E-state index is 14.0. The fourth-order valence-electron chi connectivity index (χ4n) is 2.84. The van der Waals surface area contributed by atoms with Crippen LogP contribution in [0.4, 0.5) is 4.39 Å². The Balaban J connectivity index is 1.73. The van der Waals surface area contributed by atoms with Crippen molar-refractivity contribution in [1.82, 2.24) is 9.88 Å². The summed E-state index contributed by atoms with van der Waals surface area (Å²) in [5.41, 5.74) is 2.14. The van der Waals surface area contributed by atoms with E-state index in [1.165, 1.54) is 6.07 Å². The second-order valence-electron chi connectivity index (χ2n) is 5.60. The third-order valence-electron chi connectivity index (χ3n) is 4.12. The molecule has 5 heteroatoms. The molecule has 1 amide bonds. The summed E-state index contributed by atoms with van der Waals surface area (Å²) in [6.45, 7) is 3.17. The van der Waals surface area contributed by atoms with Crippen molar-refractivity contribution in [2.45, 2.75) is 18.6 Å². The second kappa shape index (κ2) is 7.13. The predicted molar refractivity (Wildman–Crippen MR) is 91.1 cm³/mol. The van der Waals surface area contributed by atoms with Crippen LogP contribution >= 0.6 is 11.8 Å². The Labute approximate surface area is 139 Å². The van der Waals surface area contributed by atoms with Crippen LogP contribution in [0.3, 0.4) is 0 Å². The first-order chi connectivity index (χ1) is 11.2. The lowest BCUT2D eigenvalue weighted by molar-refractivity contribution is 0.0765. The van der Waals surface area contributed by atoms with E-state index < -0.39 is 0 Å². The molecule has 3 rings (SSSR count). The first kappa shape index (κ1) is 16.0. The molecule has 0 spiro atoms. The molecule has 1 fully saturated rings. The van der Waals surface area contributed by atoms with Gasteiger partial charge in [-0.05, 0) is 31.5 Å². The highest BCUT2D eigenvalue weighted by atomic mass is 32.2. The number of aryl methyl sites for hydroxylation is 1. The van der Waals surface area contributed by atoms with Crippen LogP contribution in [0.25, 0.3) is 0 Å². The first-order valence-corrected chi connectivity index (χ1v) is 8.78. The molecule has 1 aromatic carbocycles. The summed E-state index contributed by atoms with van der Waals surface area (Å²) < 4.78 is 14.0. The molecule has 0 aliphatic carbocycles. The Morgan fingerprint density at radius 1 is 1.26 bits per heavy atom. The molecular weight excluding hydrogens is 311 g/mol. The van der Waals surface area contributed by atoms with Gasteiger partial charge < -0.3 is 4.90 Å². The third-order valence-corrected chi connectivity index (χ3v) is 5.43. The number of rotatable bonds is 2. The average Bonchev–Trinajstić information content (AvgIpc) is 2.81. The molecule has 2 heterocycles. The summed E-state index contributed by atoms with van der Waals surface area (Å²) in [5, 5.41) is 0.101. The number of halogens is 1. The van der Waals surface area contributed by atoms with Crippen LogP contribution in [0.2, 0.25) is 0 Å². The van der Waals surface area contributed by atoms with Crippen LogP contribution in [0.5, 0.6) is 0 Å². The van der Waals surface area contributed by atoms with Crippen LogP contribution in [0.15, 0.2) is 42.6 Å². The number of hydrogen-bond acceptors (Lipinski definition) is 3. The minimum absolute atomic E-state index is 0.0189. The lowest BCUT2D eigenvalue weighted by atomic mass is 10.1. The van der Waals surface area contributed by atoms with E-state index >= 15 is 0 Å². The Morgan fingerprint density at radius 3 is 2.87 bits per heavy atom. The summed E-state index contributed by atoms with van der Waals surface area (Å²) in [7, 11) is 0. The van der Waals surface area contributed by atoms with E-state index in [-0.39, 0.29) is 17.0 Å². The molecule has 0 radical (unpaired) electrons. The van der Waals surface area contributed by atoms with Crippen LogP contribution in [0.1, 0.15) is 33.3 Å². The number of benzene rings is 1. The molecule has 3 nitrogen and oxygen atoms in total. The molecule has 1 aliphatic heterocycles. The van der Waals surface area contributed by atoms with E-state index in [0.717, 1.165) is 23.4 Å². The number of carbonyl (C=O) groups is 1. The SMILES string of the molecule is Cc1ncccc1C(=O)N1CCSC(c2ccccc2F)CC1. The standard InChI is InChI=1S/C18H19FN2OS/c1-13-14(6-4-9-20-13)18(22)21-10-8-17(23-12-11-21)15-5-2-3-7-16(15)19/h2-7,9,17H,8,10-12H2,1H3. The summed E-state index contributed by atoms with van der Waals surface area (Å²) in [5.74, 6) is 0.669. The zero-order valence-electron chi connectivity index (χ0n) is 13.0. The molecule has 1 aromatic heterocycles. The number of amides is 1. The van der Waals surface area contributed by atoms with Gasteiger partial charge in [-0.3, -0.25) is 9.78 Å². The van der Waals surface area contributed by atoms with Gasteiger partial charge in [0.2, 0.25) is 0 Å². The van der Waals surface area contributed by atoms with Gasteiger partial charge in [-0.15, -0.1) is 0 Å². The van der Waals surface area contributed by atoms with E-state index in [9.17, 15) is 9.18 Å². The Kier molecular flexibility index (Phi) is 4.96. The van der Waals surface area contributed by atoms with Gasteiger partial charge in [0.1, 0.15) is 5.82 Å². The quantitative estimate of drug-likeness (QED) is 0.838. The Morgan fingerprint density at radius 2 is 2.09 bits per heavy atom. The molecule has 1 unspecified atom stereocenters. The lowest BCUT2D eigenvalue weighted by Crippen LogP contribution is -2.33. The highest BCUT2D eigenvalue weighted by molar-refractivity contribution is 7.99. The van der Waals surface area contributed by atoms with Crippen molar-refractivity contribution in [3.05, 3.63) is 65.2 Å². The van der Waals surface area contributed by atoms with E-state index in [4.69, 9.17) is 0 Å². The number of nitrogens with zero attached hydrogens (tertiary/aromatic N) is 2. The van der Waals surface area contributed by atoms with Crippen molar-refractivity contribution in [2.24, 2.45) is 0 Å². The Bertz CT molecular complexity index is 707. The molecule has 1 atom stereocenters. The highest BCUT2D eigenvalue weighted by Crippen LogP contribution is 2.35. The van der Waals surface area contributed by atoms with Crippen molar-refractivity contribution in [3.8, 4) is 0 Å². The monoisotopic (exact) mass is 330 g/mol. The van der Waals surface area contributed by atoms with Gasteiger partial charge in [-0.2, -0.15) is 11.8 Å². The van der Waals surface area contributed by atoms with Gasteiger partial charge in [0, 0.05) is 41.5 Å². The van der Waals surface area contributed by atoms with Crippen molar-refractivity contribution in [2.75, 3.05) is 18.8 Å². The van der Waals surface area contributed by atoms with Crippen molar-refractivity contribution in [1.29, 1.82) is 0 Å². The van der Waals surface area contributed by atoms with Gasteiger partial charge in [0.05, 0.1) is 5.56 Å². The molecule has 1 aliphatic rings. The smallest absolute Gasteiger partial charge is 0.255 e. The van der Waals surface area contributed by atoms with E-state index in [2.05, 4.69) is 4.98 Å². The van der Waals surface area contributed by atoms with Gasteiger partial charge in [0.15, 0.2) is 0 Å². The minimum Gasteiger partial charge on any atom is -0.338 e. The van der Waals surface area contributed by atoms with Crippen molar-refractivity contribution < 1.29 is 9.18 Å². The number of hydrogen-bond donors (Lipinski definition) is 0. The maximum absolute atomic E-state index is 14.0. The molecule has 0 saturated carbocycles. The van der Waals surface area contributed by atoms with Crippen LogP contribution < -0.4 is 0 Å². The molecule has 1 saturated heterocycles. The molecule has 120 valence electrons. The highest BCUT2D eigenvalue weighted by Gasteiger charge is 2.25. The van der Waals surface area contributed by atoms with Gasteiger partial charge in [0.25, 0.3) is 5.91 Å².